The molecular weight excluding hydrogens is 248 g/mol. The molecule has 1 amide bonds. The first kappa shape index (κ1) is 16.7. The van der Waals surface area contributed by atoms with Crippen molar-refractivity contribution < 1.29 is 4.79 Å². The van der Waals surface area contributed by atoms with E-state index in [0.29, 0.717) is 24.8 Å². The van der Waals surface area contributed by atoms with Gasteiger partial charge in [-0.05, 0) is 50.3 Å². The summed E-state index contributed by atoms with van der Waals surface area (Å²) in [5.74, 6) is 1.29. The topological polar surface area (TPSA) is 46.3 Å². The monoisotopic (exact) mass is 276 g/mol. The molecule has 0 saturated heterocycles. The van der Waals surface area contributed by atoms with Crippen molar-refractivity contribution in [3.05, 3.63) is 29.8 Å². The van der Waals surface area contributed by atoms with E-state index in [4.69, 9.17) is 5.73 Å². The highest BCUT2D eigenvalue weighted by molar-refractivity contribution is 5.92. The summed E-state index contributed by atoms with van der Waals surface area (Å²) in [6, 6.07) is 8.05. The van der Waals surface area contributed by atoms with Gasteiger partial charge in [0, 0.05) is 19.2 Å². The van der Waals surface area contributed by atoms with E-state index in [9.17, 15) is 4.79 Å². The number of amides is 1. The fourth-order valence-corrected chi connectivity index (χ4v) is 2.41. The van der Waals surface area contributed by atoms with Crippen molar-refractivity contribution in [2.45, 2.75) is 40.0 Å². The maximum absolute atomic E-state index is 12.3. The zero-order valence-electron chi connectivity index (χ0n) is 13.2. The molecule has 112 valence electrons. The van der Waals surface area contributed by atoms with Gasteiger partial charge in [0.1, 0.15) is 0 Å². The van der Waals surface area contributed by atoms with Crippen molar-refractivity contribution >= 4 is 11.6 Å². The molecule has 0 fully saturated rings. The highest BCUT2D eigenvalue weighted by Gasteiger charge is 2.17. The predicted octanol–water partition coefficient (Wildman–Crippen LogP) is 3.36. The van der Waals surface area contributed by atoms with E-state index in [1.807, 2.05) is 38.2 Å². The van der Waals surface area contributed by atoms with E-state index in [-0.39, 0.29) is 5.91 Å². The van der Waals surface area contributed by atoms with Gasteiger partial charge >= 0.3 is 0 Å². The third kappa shape index (κ3) is 4.97. The first-order chi connectivity index (χ1) is 9.45. The van der Waals surface area contributed by atoms with Crippen LogP contribution in [0, 0.1) is 18.8 Å². The van der Waals surface area contributed by atoms with Gasteiger partial charge in [-0.1, -0.05) is 31.5 Å². The van der Waals surface area contributed by atoms with Gasteiger partial charge in [0.05, 0.1) is 0 Å². The van der Waals surface area contributed by atoms with Gasteiger partial charge in [0.2, 0.25) is 5.91 Å². The Morgan fingerprint density at radius 2 is 1.80 bits per heavy atom. The standard InChI is InChI=1S/C17H28N2O/c1-13(2)15(11-12-18)7-10-17(20)19(4)16-8-5-14(3)6-9-16/h5-6,8-9,13,15H,7,10-12,18H2,1-4H3. The minimum absolute atomic E-state index is 0.177. The van der Waals surface area contributed by atoms with Crippen molar-refractivity contribution in [3.63, 3.8) is 0 Å². The average molecular weight is 276 g/mol. The summed E-state index contributed by atoms with van der Waals surface area (Å²) < 4.78 is 0. The maximum atomic E-state index is 12.3. The number of carbonyl (C=O) groups excluding carboxylic acids is 1. The molecule has 3 nitrogen and oxygen atoms in total. The fourth-order valence-electron chi connectivity index (χ4n) is 2.41. The number of hydrogen-bond acceptors (Lipinski definition) is 2. The molecule has 20 heavy (non-hydrogen) atoms. The predicted molar refractivity (Wildman–Crippen MR) is 85.8 cm³/mol. The Kier molecular flexibility index (Phi) is 6.73. The summed E-state index contributed by atoms with van der Waals surface area (Å²) >= 11 is 0. The Labute approximate surface area is 123 Å². The largest absolute Gasteiger partial charge is 0.330 e. The number of rotatable bonds is 7. The molecule has 3 heteroatoms. The van der Waals surface area contributed by atoms with E-state index in [1.165, 1.54) is 5.56 Å². The molecule has 0 saturated carbocycles. The Hall–Kier alpha value is -1.35. The Morgan fingerprint density at radius 3 is 2.30 bits per heavy atom. The van der Waals surface area contributed by atoms with Crippen LogP contribution < -0.4 is 10.6 Å². The third-order valence-electron chi connectivity index (χ3n) is 4.00. The zero-order chi connectivity index (χ0) is 15.1. The summed E-state index contributed by atoms with van der Waals surface area (Å²) in [6.45, 7) is 7.15. The highest BCUT2D eigenvalue weighted by Crippen LogP contribution is 2.22. The molecule has 0 spiro atoms. The molecule has 1 atom stereocenters. The highest BCUT2D eigenvalue weighted by atomic mass is 16.2. The number of hydrogen-bond donors (Lipinski definition) is 1. The van der Waals surface area contributed by atoms with Crippen molar-refractivity contribution in [3.8, 4) is 0 Å². The number of nitrogens with two attached hydrogens (primary N) is 1. The van der Waals surface area contributed by atoms with E-state index >= 15 is 0 Å². The molecular formula is C17H28N2O. The molecule has 0 aromatic heterocycles. The SMILES string of the molecule is Cc1ccc(N(C)C(=O)CCC(CCN)C(C)C)cc1. The molecule has 0 heterocycles. The number of carbonyl (C=O) groups is 1. The first-order valence-electron chi connectivity index (χ1n) is 7.49. The zero-order valence-corrected chi connectivity index (χ0v) is 13.2. The summed E-state index contributed by atoms with van der Waals surface area (Å²) in [5.41, 5.74) is 7.81. The van der Waals surface area contributed by atoms with Gasteiger partial charge in [0.15, 0.2) is 0 Å². The van der Waals surface area contributed by atoms with Gasteiger partial charge in [-0.2, -0.15) is 0 Å². The quantitative estimate of drug-likeness (QED) is 0.830. The van der Waals surface area contributed by atoms with Gasteiger partial charge in [-0.3, -0.25) is 4.79 Å². The van der Waals surface area contributed by atoms with Crippen LogP contribution in [0.3, 0.4) is 0 Å². The van der Waals surface area contributed by atoms with Gasteiger partial charge < -0.3 is 10.6 Å². The first-order valence-corrected chi connectivity index (χ1v) is 7.49. The average Bonchev–Trinajstić information content (AvgIpc) is 2.42. The summed E-state index contributed by atoms with van der Waals surface area (Å²) in [7, 11) is 1.85. The normalized spacial score (nSPS) is 12.5. The lowest BCUT2D eigenvalue weighted by Gasteiger charge is -2.22. The molecule has 0 bridgehead atoms. The van der Waals surface area contributed by atoms with E-state index in [0.717, 1.165) is 18.5 Å². The molecule has 1 unspecified atom stereocenters. The second-order valence-electron chi connectivity index (χ2n) is 5.91. The number of benzene rings is 1. The second-order valence-corrected chi connectivity index (χ2v) is 5.91. The number of nitrogens with zero attached hydrogens (tertiary/aromatic N) is 1. The van der Waals surface area contributed by atoms with Crippen LogP contribution in [0.2, 0.25) is 0 Å². The molecule has 0 radical (unpaired) electrons. The number of aryl methyl sites for hydroxylation is 1. The van der Waals surface area contributed by atoms with Crippen LogP contribution in [0.5, 0.6) is 0 Å². The van der Waals surface area contributed by atoms with Crippen LogP contribution in [-0.2, 0) is 4.79 Å². The van der Waals surface area contributed by atoms with E-state index in [2.05, 4.69) is 13.8 Å². The molecule has 0 aliphatic rings. The van der Waals surface area contributed by atoms with Crippen LogP contribution in [-0.4, -0.2) is 19.5 Å². The van der Waals surface area contributed by atoms with Crippen LogP contribution in [0.4, 0.5) is 5.69 Å². The van der Waals surface area contributed by atoms with Crippen LogP contribution in [0.15, 0.2) is 24.3 Å². The lowest BCUT2D eigenvalue weighted by atomic mass is 9.88. The van der Waals surface area contributed by atoms with Crippen molar-refractivity contribution in [2.75, 3.05) is 18.5 Å². The van der Waals surface area contributed by atoms with Crippen LogP contribution in [0.25, 0.3) is 0 Å². The molecule has 1 aromatic rings. The molecule has 2 N–H and O–H groups in total. The van der Waals surface area contributed by atoms with Crippen LogP contribution >= 0.6 is 0 Å². The smallest absolute Gasteiger partial charge is 0.226 e. The van der Waals surface area contributed by atoms with E-state index in [1.54, 1.807) is 4.90 Å². The fraction of sp³-hybridized carbons (Fsp3) is 0.588. The number of anilines is 1. The van der Waals surface area contributed by atoms with Gasteiger partial charge in [-0.25, -0.2) is 0 Å². The third-order valence-corrected chi connectivity index (χ3v) is 4.00. The summed E-state index contributed by atoms with van der Waals surface area (Å²) in [5, 5.41) is 0. The Bertz CT molecular complexity index is 412. The van der Waals surface area contributed by atoms with Crippen molar-refractivity contribution in [1.82, 2.24) is 0 Å². The van der Waals surface area contributed by atoms with E-state index < -0.39 is 0 Å². The Balaban J connectivity index is 2.55. The maximum Gasteiger partial charge on any atom is 0.226 e. The van der Waals surface area contributed by atoms with Gasteiger partial charge in [0.25, 0.3) is 0 Å². The van der Waals surface area contributed by atoms with Crippen LogP contribution in [0.1, 0.15) is 38.7 Å². The summed E-state index contributed by atoms with van der Waals surface area (Å²) in [6.07, 6.45) is 2.51. The molecule has 0 aliphatic carbocycles. The summed E-state index contributed by atoms with van der Waals surface area (Å²) in [4.78, 5) is 14.0. The van der Waals surface area contributed by atoms with Gasteiger partial charge in [-0.15, -0.1) is 0 Å². The Morgan fingerprint density at radius 1 is 1.20 bits per heavy atom. The molecule has 0 aliphatic heterocycles. The minimum Gasteiger partial charge on any atom is -0.330 e. The molecule has 1 aromatic carbocycles. The minimum atomic E-state index is 0.177. The van der Waals surface area contributed by atoms with Crippen molar-refractivity contribution in [2.24, 2.45) is 17.6 Å². The van der Waals surface area contributed by atoms with Crippen molar-refractivity contribution in [1.29, 1.82) is 0 Å². The second kappa shape index (κ2) is 8.05. The molecule has 1 rings (SSSR count). The lowest BCUT2D eigenvalue weighted by molar-refractivity contribution is -0.118. The lowest BCUT2D eigenvalue weighted by Crippen LogP contribution is -2.27.